The third kappa shape index (κ3) is 4.17. The zero-order chi connectivity index (χ0) is 17.8. The van der Waals surface area contributed by atoms with E-state index in [9.17, 15) is 4.79 Å². The van der Waals surface area contributed by atoms with E-state index in [2.05, 4.69) is 21.4 Å². The van der Waals surface area contributed by atoms with Gasteiger partial charge in [0.1, 0.15) is 17.7 Å². The summed E-state index contributed by atoms with van der Waals surface area (Å²) in [6.07, 6.45) is 2.29. The number of nitrogen functional groups attached to an aromatic ring is 1. The molecule has 1 aromatic heterocycles. The number of anilines is 2. The summed E-state index contributed by atoms with van der Waals surface area (Å²) in [6.45, 7) is 2.39. The van der Waals surface area contributed by atoms with E-state index in [1.54, 1.807) is 0 Å². The second-order valence-corrected chi connectivity index (χ2v) is 6.16. The van der Waals surface area contributed by atoms with Crippen molar-refractivity contribution in [2.75, 3.05) is 17.6 Å². The van der Waals surface area contributed by atoms with E-state index < -0.39 is 5.97 Å². The summed E-state index contributed by atoms with van der Waals surface area (Å²) in [6, 6.07) is 8.04. The van der Waals surface area contributed by atoms with Crippen LogP contribution in [0.25, 0.3) is 0 Å². The molecular formula is C18H22N4O3. The maximum absolute atomic E-state index is 10.9. The van der Waals surface area contributed by atoms with Crippen LogP contribution < -0.4 is 15.8 Å². The first-order chi connectivity index (χ1) is 12.0. The Bertz CT molecular complexity index is 779. The molecule has 1 aliphatic rings. The normalized spacial score (nSPS) is 16.0. The van der Waals surface area contributed by atoms with Crippen LogP contribution in [0, 0.1) is 6.92 Å². The molecule has 0 aliphatic carbocycles. The van der Waals surface area contributed by atoms with Crippen molar-refractivity contribution in [2.45, 2.75) is 38.7 Å². The molecule has 132 valence electrons. The minimum absolute atomic E-state index is 0.0239. The third-order valence-electron chi connectivity index (χ3n) is 4.32. The molecule has 0 saturated carbocycles. The maximum atomic E-state index is 10.9. The smallest absolute Gasteiger partial charge is 0.303 e. The van der Waals surface area contributed by atoms with Crippen molar-refractivity contribution < 1.29 is 14.6 Å². The molecule has 0 saturated heterocycles. The molecule has 7 heteroatoms. The van der Waals surface area contributed by atoms with Crippen molar-refractivity contribution in [2.24, 2.45) is 0 Å². The number of para-hydroxylation sites is 1. The Balaban J connectivity index is 1.69. The van der Waals surface area contributed by atoms with E-state index in [1.807, 2.05) is 25.1 Å². The number of fused-ring (bicyclic) bond motifs is 1. The van der Waals surface area contributed by atoms with Crippen LogP contribution in [0.2, 0.25) is 0 Å². The molecule has 0 unspecified atom stereocenters. The number of carbonyl (C=O) groups is 1. The number of carboxylic acids is 1. The van der Waals surface area contributed by atoms with E-state index in [0.717, 1.165) is 24.2 Å². The van der Waals surface area contributed by atoms with Crippen molar-refractivity contribution in [3.63, 3.8) is 0 Å². The molecule has 1 aromatic carbocycles. The van der Waals surface area contributed by atoms with E-state index in [1.165, 1.54) is 5.56 Å². The van der Waals surface area contributed by atoms with Crippen molar-refractivity contribution >= 4 is 17.7 Å². The first kappa shape index (κ1) is 17.0. The number of aryl methyl sites for hydroxylation is 2. The zero-order valence-electron chi connectivity index (χ0n) is 14.2. The van der Waals surface area contributed by atoms with Gasteiger partial charge in [0.25, 0.3) is 0 Å². The number of nitrogens with two attached hydrogens (primary N) is 1. The van der Waals surface area contributed by atoms with Crippen molar-refractivity contribution in [3.05, 3.63) is 41.1 Å². The van der Waals surface area contributed by atoms with E-state index in [-0.39, 0.29) is 18.5 Å². The molecule has 0 bridgehead atoms. The van der Waals surface area contributed by atoms with Crippen LogP contribution in [-0.4, -0.2) is 33.7 Å². The number of hydrogen-bond donors (Lipinski definition) is 3. The zero-order valence-corrected chi connectivity index (χ0v) is 14.2. The van der Waals surface area contributed by atoms with E-state index in [0.29, 0.717) is 24.5 Å². The molecule has 2 aromatic rings. The summed E-state index contributed by atoms with van der Waals surface area (Å²) >= 11 is 0. The molecule has 0 radical (unpaired) electrons. The number of rotatable bonds is 6. The summed E-state index contributed by atoms with van der Waals surface area (Å²) in [5.41, 5.74) is 8.46. The SMILES string of the molecule is Cc1nc(N)nc(NC[C@H]2CCc3ccccc3O2)c1CCC(=O)O. The van der Waals surface area contributed by atoms with Gasteiger partial charge in [-0.2, -0.15) is 4.98 Å². The molecular weight excluding hydrogens is 320 g/mol. The summed E-state index contributed by atoms with van der Waals surface area (Å²) in [5.74, 6) is 0.835. The van der Waals surface area contributed by atoms with Gasteiger partial charge in [0, 0.05) is 17.7 Å². The van der Waals surface area contributed by atoms with Crippen LogP contribution in [0.3, 0.4) is 0 Å². The monoisotopic (exact) mass is 342 g/mol. The highest BCUT2D eigenvalue weighted by atomic mass is 16.5. The van der Waals surface area contributed by atoms with Crippen molar-refractivity contribution in [3.8, 4) is 5.75 Å². The summed E-state index contributed by atoms with van der Waals surface area (Å²) in [4.78, 5) is 19.3. The van der Waals surface area contributed by atoms with Gasteiger partial charge in [0.15, 0.2) is 0 Å². The Kier molecular flexibility index (Phi) is 5.02. The van der Waals surface area contributed by atoms with Crippen LogP contribution in [-0.2, 0) is 17.6 Å². The minimum atomic E-state index is -0.852. The number of aliphatic carboxylic acids is 1. The van der Waals surface area contributed by atoms with Crippen LogP contribution in [0.4, 0.5) is 11.8 Å². The van der Waals surface area contributed by atoms with Gasteiger partial charge in [-0.1, -0.05) is 18.2 Å². The number of nitrogens with zero attached hydrogens (tertiary/aromatic N) is 2. The van der Waals surface area contributed by atoms with Crippen molar-refractivity contribution in [1.29, 1.82) is 0 Å². The highest BCUT2D eigenvalue weighted by Crippen LogP contribution is 2.27. The molecule has 4 N–H and O–H groups in total. The van der Waals surface area contributed by atoms with E-state index in [4.69, 9.17) is 15.6 Å². The lowest BCUT2D eigenvalue weighted by atomic mass is 10.0. The first-order valence-corrected chi connectivity index (χ1v) is 8.36. The molecule has 25 heavy (non-hydrogen) atoms. The topological polar surface area (TPSA) is 110 Å². The van der Waals surface area contributed by atoms with Gasteiger partial charge in [0.05, 0.1) is 6.54 Å². The Labute approximate surface area is 146 Å². The number of carboxylic acid groups (broad SMARTS) is 1. The second kappa shape index (κ2) is 7.38. The molecule has 7 nitrogen and oxygen atoms in total. The highest BCUT2D eigenvalue weighted by Gasteiger charge is 2.20. The van der Waals surface area contributed by atoms with E-state index >= 15 is 0 Å². The minimum Gasteiger partial charge on any atom is -0.488 e. The van der Waals surface area contributed by atoms with Crippen molar-refractivity contribution in [1.82, 2.24) is 9.97 Å². The van der Waals surface area contributed by atoms with Crippen LogP contribution >= 0.6 is 0 Å². The summed E-state index contributed by atoms with van der Waals surface area (Å²) < 4.78 is 6.02. The fraction of sp³-hybridized carbons (Fsp3) is 0.389. The predicted octanol–water partition coefficient (Wildman–Crippen LogP) is 2.19. The average Bonchev–Trinajstić information content (AvgIpc) is 2.58. The fourth-order valence-corrected chi connectivity index (χ4v) is 3.03. The lowest BCUT2D eigenvalue weighted by Gasteiger charge is -2.26. The molecule has 0 fully saturated rings. The largest absolute Gasteiger partial charge is 0.488 e. The van der Waals surface area contributed by atoms with Gasteiger partial charge in [-0.25, -0.2) is 4.98 Å². The first-order valence-electron chi connectivity index (χ1n) is 8.36. The third-order valence-corrected chi connectivity index (χ3v) is 4.32. The number of benzene rings is 1. The molecule has 0 amide bonds. The molecule has 3 rings (SSSR count). The fourth-order valence-electron chi connectivity index (χ4n) is 3.03. The van der Waals surface area contributed by atoms with Gasteiger partial charge in [-0.3, -0.25) is 4.79 Å². The maximum Gasteiger partial charge on any atom is 0.303 e. The quantitative estimate of drug-likeness (QED) is 0.738. The Morgan fingerprint density at radius 3 is 3.00 bits per heavy atom. The molecule has 2 heterocycles. The lowest BCUT2D eigenvalue weighted by molar-refractivity contribution is -0.136. The van der Waals surface area contributed by atoms with Crippen LogP contribution in [0.15, 0.2) is 24.3 Å². The Hall–Kier alpha value is -2.83. The lowest BCUT2D eigenvalue weighted by Crippen LogP contribution is -2.30. The summed E-state index contributed by atoms with van der Waals surface area (Å²) in [5, 5.41) is 12.2. The van der Waals surface area contributed by atoms with Gasteiger partial charge in [-0.05, 0) is 37.8 Å². The number of aromatic nitrogens is 2. The van der Waals surface area contributed by atoms with Crippen LogP contribution in [0.5, 0.6) is 5.75 Å². The van der Waals surface area contributed by atoms with Gasteiger partial charge in [0.2, 0.25) is 5.95 Å². The molecule has 1 atom stereocenters. The van der Waals surface area contributed by atoms with Gasteiger partial charge in [-0.15, -0.1) is 0 Å². The number of hydrogen-bond acceptors (Lipinski definition) is 6. The summed E-state index contributed by atoms with van der Waals surface area (Å²) in [7, 11) is 0. The number of nitrogens with one attached hydrogen (secondary N) is 1. The Morgan fingerprint density at radius 1 is 1.40 bits per heavy atom. The predicted molar refractivity (Wildman–Crippen MR) is 94.8 cm³/mol. The second-order valence-electron chi connectivity index (χ2n) is 6.16. The molecule has 1 aliphatic heterocycles. The molecule has 0 spiro atoms. The highest BCUT2D eigenvalue weighted by molar-refractivity contribution is 5.67. The Morgan fingerprint density at radius 2 is 2.20 bits per heavy atom. The average molecular weight is 342 g/mol. The van der Waals surface area contributed by atoms with Gasteiger partial charge >= 0.3 is 5.97 Å². The number of ether oxygens (including phenoxy) is 1. The van der Waals surface area contributed by atoms with Crippen LogP contribution in [0.1, 0.15) is 29.7 Å². The standard InChI is InChI=1S/C18H22N4O3/c1-11-14(8-9-16(23)24)17(22-18(19)21-11)20-10-13-7-6-12-4-2-3-5-15(12)25-13/h2-5,13H,6-10H2,1H3,(H,23,24)(H3,19,20,21,22)/t13-/m1/s1. The van der Waals surface area contributed by atoms with Gasteiger partial charge < -0.3 is 20.9 Å².